The van der Waals surface area contributed by atoms with Crippen LogP contribution in [0.3, 0.4) is 0 Å². The lowest BCUT2D eigenvalue weighted by Gasteiger charge is -2.40. The van der Waals surface area contributed by atoms with Gasteiger partial charge in [-0.2, -0.15) is 0 Å². The first-order valence-electron chi connectivity index (χ1n) is 5.23. The summed E-state index contributed by atoms with van der Waals surface area (Å²) in [5.41, 5.74) is 2.21. The van der Waals surface area contributed by atoms with E-state index in [9.17, 15) is 0 Å². The number of likely N-dealkylation sites (tertiary alicyclic amines) is 1. The standard InChI is InChI=1S/C12H14BrN/c13-11-3-1-2-10(6-11)7-14-8-12(9-14)4-5-12/h1-3,6H,4-5,7-9H2. The summed E-state index contributed by atoms with van der Waals surface area (Å²) in [6.07, 6.45) is 2.95. The minimum Gasteiger partial charge on any atom is -0.298 e. The van der Waals surface area contributed by atoms with Gasteiger partial charge < -0.3 is 0 Å². The molecule has 2 aliphatic rings. The minimum absolute atomic E-state index is 0.784. The maximum absolute atomic E-state index is 3.51. The highest BCUT2D eigenvalue weighted by Crippen LogP contribution is 2.53. The molecule has 1 heterocycles. The quantitative estimate of drug-likeness (QED) is 0.782. The SMILES string of the molecule is Brc1cccc(CN2CC3(CC3)C2)c1. The van der Waals surface area contributed by atoms with Crippen molar-refractivity contribution in [1.29, 1.82) is 0 Å². The molecule has 14 heavy (non-hydrogen) atoms. The Hall–Kier alpha value is -0.340. The first-order valence-corrected chi connectivity index (χ1v) is 6.02. The molecule has 1 aromatic rings. The van der Waals surface area contributed by atoms with Crippen molar-refractivity contribution in [2.24, 2.45) is 5.41 Å². The zero-order valence-electron chi connectivity index (χ0n) is 8.17. The molecule has 2 heteroatoms. The smallest absolute Gasteiger partial charge is 0.0234 e. The van der Waals surface area contributed by atoms with Crippen LogP contribution in [0.4, 0.5) is 0 Å². The average Bonchev–Trinajstić information content (AvgIpc) is 2.83. The molecule has 74 valence electrons. The average molecular weight is 252 g/mol. The molecule has 1 aromatic carbocycles. The normalized spacial score (nSPS) is 23.5. The van der Waals surface area contributed by atoms with E-state index in [1.165, 1.54) is 36.0 Å². The molecule has 0 aromatic heterocycles. The summed E-state index contributed by atoms with van der Waals surface area (Å²) in [7, 11) is 0. The van der Waals surface area contributed by atoms with Gasteiger partial charge in [0.25, 0.3) is 0 Å². The van der Waals surface area contributed by atoms with Gasteiger partial charge in [0.2, 0.25) is 0 Å². The van der Waals surface area contributed by atoms with Gasteiger partial charge in [0, 0.05) is 24.1 Å². The van der Waals surface area contributed by atoms with Crippen LogP contribution in [-0.2, 0) is 6.54 Å². The first kappa shape index (κ1) is 8.93. The van der Waals surface area contributed by atoms with E-state index < -0.39 is 0 Å². The summed E-state index contributed by atoms with van der Waals surface area (Å²) >= 11 is 3.51. The predicted octanol–water partition coefficient (Wildman–Crippen LogP) is 3.04. The van der Waals surface area contributed by atoms with Gasteiger partial charge >= 0.3 is 0 Å². The summed E-state index contributed by atoms with van der Waals surface area (Å²) in [6, 6.07) is 8.63. The molecule has 1 spiro atoms. The molecular formula is C12H14BrN. The van der Waals surface area contributed by atoms with Crippen LogP contribution in [0.15, 0.2) is 28.7 Å². The molecular weight excluding hydrogens is 238 g/mol. The highest BCUT2D eigenvalue weighted by atomic mass is 79.9. The van der Waals surface area contributed by atoms with Crippen LogP contribution < -0.4 is 0 Å². The number of halogens is 1. The molecule has 2 fully saturated rings. The van der Waals surface area contributed by atoms with Crippen LogP contribution in [0.2, 0.25) is 0 Å². The van der Waals surface area contributed by atoms with Crippen molar-refractivity contribution < 1.29 is 0 Å². The van der Waals surface area contributed by atoms with E-state index in [2.05, 4.69) is 45.1 Å². The van der Waals surface area contributed by atoms with Crippen molar-refractivity contribution in [3.63, 3.8) is 0 Å². The molecule has 0 atom stereocenters. The number of nitrogens with zero attached hydrogens (tertiary/aromatic N) is 1. The Morgan fingerprint density at radius 2 is 2.07 bits per heavy atom. The monoisotopic (exact) mass is 251 g/mol. The van der Waals surface area contributed by atoms with Gasteiger partial charge in [-0.05, 0) is 36.0 Å². The lowest BCUT2D eigenvalue weighted by atomic mass is 9.96. The van der Waals surface area contributed by atoms with Crippen molar-refractivity contribution in [3.05, 3.63) is 34.3 Å². The van der Waals surface area contributed by atoms with Crippen molar-refractivity contribution in [2.75, 3.05) is 13.1 Å². The molecule has 0 radical (unpaired) electrons. The molecule has 1 aliphatic carbocycles. The van der Waals surface area contributed by atoms with E-state index in [1.807, 2.05) is 0 Å². The van der Waals surface area contributed by atoms with Crippen LogP contribution >= 0.6 is 15.9 Å². The Kier molecular flexibility index (Phi) is 1.96. The highest BCUT2D eigenvalue weighted by Gasteiger charge is 2.51. The fraction of sp³-hybridized carbons (Fsp3) is 0.500. The lowest BCUT2D eigenvalue weighted by molar-refractivity contribution is 0.0739. The lowest BCUT2D eigenvalue weighted by Crippen LogP contribution is -2.47. The molecule has 0 unspecified atom stereocenters. The minimum atomic E-state index is 0.784. The molecule has 1 aliphatic heterocycles. The van der Waals surface area contributed by atoms with Crippen LogP contribution in [0.5, 0.6) is 0 Å². The second-order valence-corrected chi connectivity index (χ2v) is 5.69. The third-order valence-electron chi connectivity index (χ3n) is 3.37. The van der Waals surface area contributed by atoms with E-state index in [0.29, 0.717) is 0 Å². The second kappa shape index (κ2) is 3.07. The van der Waals surface area contributed by atoms with Crippen LogP contribution in [-0.4, -0.2) is 18.0 Å². The molecule has 1 saturated carbocycles. The second-order valence-electron chi connectivity index (χ2n) is 4.78. The van der Waals surface area contributed by atoms with E-state index in [4.69, 9.17) is 0 Å². The van der Waals surface area contributed by atoms with Gasteiger partial charge in [-0.3, -0.25) is 4.90 Å². The molecule has 0 amide bonds. The number of benzene rings is 1. The highest BCUT2D eigenvalue weighted by molar-refractivity contribution is 9.10. The summed E-state index contributed by atoms with van der Waals surface area (Å²) in [5.74, 6) is 0. The molecule has 0 N–H and O–H groups in total. The summed E-state index contributed by atoms with van der Waals surface area (Å²) in [4.78, 5) is 2.55. The Morgan fingerprint density at radius 1 is 1.29 bits per heavy atom. The summed E-state index contributed by atoms with van der Waals surface area (Å²) in [5, 5.41) is 0. The zero-order valence-corrected chi connectivity index (χ0v) is 9.76. The van der Waals surface area contributed by atoms with Gasteiger partial charge in [0.05, 0.1) is 0 Å². The van der Waals surface area contributed by atoms with E-state index in [0.717, 1.165) is 12.0 Å². The van der Waals surface area contributed by atoms with Crippen molar-refractivity contribution in [1.82, 2.24) is 4.90 Å². The van der Waals surface area contributed by atoms with Gasteiger partial charge in [0.1, 0.15) is 0 Å². The Balaban J connectivity index is 1.62. The third kappa shape index (κ3) is 1.61. The third-order valence-corrected chi connectivity index (χ3v) is 3.86. The summed E-state index contributed by atoms with van der Waals surface area (Å²) < 4.78 is 1.19. The van der Waals surface area contributed by atoms with Crippen LogP contribution in [0.25, 0.3) is 0 Å². The fourth-order valence-electron chi connectivity index (χ4n) is 2.40. The van der Waals surface area contributed by atoms with Gasteiger partial charge in [-0.15, -0.1) is 0 Å². The zero-order chi connectivity index (χ0) is 9.60. The van der Waals surface area contributed by atoms with Crippen molar-refractivity contribution >= 4 is 15.9 Å². The van der Waals surface area contributed by atoms with Gasteiger partial charge in [-0.1, -0.05) is 28.1 Å². The van der Waals surface area contributed by atoms with E-state index >= 15 is 0 Å². The van der Waals surface area contributed by atoms with Crippen molar-refractivity contribution in [3.8, 4) is 0 Å². The molecule has 1 saturated heterocycles. The number of hydrogen-bond donors (Lipinski definition) is 0. The van der Waals surface area contributed by atoms with Crippen LogP contribution in [0.1, 0.15) is 18.4 Å². The van der Waals surface area contributed by atoms with Crippen molar-refractivity contribution in [2.45, 2.75) is 19.4 Å². The van der Waals surface area contributed by atoms with Crippen LogP contribution in [0, 0.1) is 5.41 Å². The van der Waals surface area contributed by atoms with Gasteiger partial charge in [0.15, 0.2) is 0 Å². The predicted molar refractivity (Wildman–Crippen MR) is 61.1 cm³/mol. The molecule has 3 rings (SSSR count). The Labute approximate surface area is 93.2 Å². The maximum Gasteiger partial charge on any atom is 0.0234 e. The molecule has 0 bridgehead atoms. The topological polar surface area (TPSA) is 3.24 Å². The first-order chi connectivity index (χ1) is 6.76. The Morgan fingerprint density at radius 3 is 2.71 bits per heavy atom. The fourth-order valence-corrected chi connectivity index (χ4v) is 2.85. The van der Waals surface area contributed by atoms with E-state index in [1.54, 1.807) is 0 Å². The molecule has 1 nitrogen and oxygen atoms in total. The van der Waals surface area contributed by atoms with Gasteiger partial charge in [-0.25, -0.2) is 0 Å². The summed E-state index contributed by atoms with van der Waals surface area (Å²) in [6.45, 7) is 3.79. The maximum atomic E-state index is 3.51. The Bertz CT molecular complexity index is 349. The largest absolute Gasteiger partial charge is 0.298 e. The number of hydrogen-bond acceptors (Lipinski definition) is 1. The van der Waals surface area contributed by atoms with E-state index in [-0.39, 0.29) is 0 Å². The number of rotatable bonds is 2.